The van der Waals surface area contributed by atoms with Crippen LogP contribution in [0.25, 0.3) is 0 Å². The van der Waals surface area contributed by atoms with Gasteiger partial charge < -0.3 is 19.3 Å². The lowest BCUT2D eigenvalue weighted by Crippen LogP contribution is -2.55. The minimum Gasteiger partial charge on any atom is -0.399 e. The molecule has 0 saturated carbocycles. The normalized spacial score (nSPS) is 22.9. The number of aliphatic hydroxyl groups excluding tert-OH is 1. The minimum absolute atomic E-state index is 0.0806. The molecule has 0 bridgehead atoms. The molecule has 2 heterocycles. The second-order valence-electron chi connectivity index (χ2n) is 11.1. The molecule has 0 spiro atoms. The van der Waals surface area contributed by atoms with Gasteiger partial charge in [0.1, 0.15) is 11.6 Å². The number of halogens is 2. The second-order valence-corrected chi connectivity index (χ2v) is 11.1. The molecule has 2 saturated heterocycles. The van der Waals surface area contributed by atoms with Crippen LogP contribution in [0.5, 0.6) is 0 Å². The maximum absolute atomic E-state index is 13.6. The molecule has 0 radical (unpaired) electrons. The Bertz CT molecular complexity index is 1280. The summed E-state index contributed by atoms with van der Waals surface area (Å²) in [5.41, 5.74) is 2.13. The Morgan fingerprint density at radius 2 is 1.39 bits per heavy atom. The fraction of sp³-hybridized carbons (Fsp3) is 0.367. The van der Waals surface area contributed by atoms with E-state index in [1.54, 1.807) is 29.2 Å². The molecule has 8 heteroatoms. The Morgan fingerprint density at radius 1 is 0.868 bits per heavy atom. The lowest BCUT2D eigenvalue weighted by Gasteiger charge is -2.48. The Hall–Kier alpha value is -3.07. The van der Waals surface area contributed by atoms with Gasteiger partial charge in [-0.15, -0.1) is 0 Å². The van der Waals surface area contributed by atoms with Crippen molar-refractivity contribution in [3.8, 4) is 0 Å². The molecular formula is C30H32BF2NO4. The second kappa shape index (κ2) is 9.91. The van der Waals surface area contributed by atoms with E-state index in [4.69, 9.17) is 9.31 Å². The molecule has 3 aromatic rings. The number of hydrogen-bond acceptors (Lipinski definition) is 4. The first-order chi connectivity index (χ1) is 18.0. The number of β-lactam (4-membered cyclic amide) rings is 1. The van der Waals surface area contributed by atoms with Crippen LogP contribution in [-0.4, -0.2) is 29.3 Å². The Balaban J connectivity index is 1.37. The summed E-state index contributed by atoms with van der Waals surface area (Å²) in [6, 6.07) is 19.2. The SMILES string of the molecule is CC1(C)OB(c2ccc([C@@H]3[C@@H](CC[C@H](O)c4ccc(F)cc4)C(=O)N3c3ccc(F)cc3)cc2)OC1(C)C. The van der Waals surface area contributed by atoms with Crippen LogP contribution >= 0.6 is 0 Å². The molecule has 0 aliphatic carbocycles. The number of benzene rings is 3. The van der Waals surface area contributed by atoms with Gasteiger partial charge in [0.15, 0.2) is 0 Å². The van der Waals surface area contributed by atoms with Crippen molar-refractivity contribution in [2.75, 3.05) is 4.90 Å². The van der Waals surface area contributed by atoms with E-state index in [1.807, 2.05) is 52.0 Å². The lowest BCUT2D eigenvalue weighted by atomic mass is 9.75. The first-order valence-corrected chi connectivity index (χ1v) is 12.9. The van der Waals surface area contributed by atoms with Crippen LogP contribution in [-0.2, 0) is 14.1 Å². The maximum atomic E-state index is 13.6. The number of hydrogen-bond donors (Lipinski definition) is 1. The van der Waals surface area contributed by atoms with Crippen molar-refractivity contribution in [1.29, 1.82) is 0 Å². The average molecular weight is 519 g/mol. The molecule has 2 aliphatic rings. The summed E-state index contributed by atoms with van der Waals surface area (Å²) in [4.78, 5) is 15.0. The fourth-order valence-corrected chi connectivity index (χ4v) is 5.12. The number of amides is 1. The van der Waals surface area contributed by atoms with E-state index in [9.17, 15) is 18.7 Å². The van der Waals surface area contributed by atoms with Gasteiger partial charge in [0.25, 0.3) is 0 Å². The highest BCUT2D eigenvalue weighted by Crippen LogP contribution is 2.46. The third kappa shape index (κ3) is 4.88. The molecule has 2 fully saturated rings. The van der Waals surface area contributed by atoms with Crippen LogP contribution < -0.4 is 10.4 Å². The van der Waals surface area contributed by atoms with E-state index in [2.05, 4.69) is 0 Å². The molecule has 198 valence electrons. The first kappa shape index (κ1) is 26.5. The molecule has 38 heavy (non-hydrogen) atoms. The summed E-state index contributed by atoms with van der Waals surface area (Å²) in [5, 5.41) is 10.7. The maximum Gasteiger partial charge on any atom is 0.494 e. The summed E-state index contributed by atoms with van der Waals surface area (Å²) in [7, 11) is -0.494. The number of anilines is 1. The van der Waals surface area contributed by atoms with Gasteiger partial charge in [0.05, 0.1) is 29.3 Å². The number of carbonyl (C=O) groups is 1. The van der Waals surface area contributed by atoms with Gasteiger partial charge >= 0.3 is 7.12 Å². The zero-order valence-corrected chi connectivity index (χ0v) is 22.0. The third-order valence-corrected chi connectivity index (χ3v) is 8.13. The van der Waals surface area contributed by atoms with Gasteiger partial charge in [0, 0.05) is 5.69 Å². The molecule has 3 atom stereocenters. The highest BCUT2D eigenvalue weighted by atomic mass is 19.1. The molecule has 5 rings (SSSR count). The molecule has 2 aliphatic heterocycles. The zero-order chi connectivity index (χ0) is 27.2. The quantitative estimate of drug-likeness (QED) is 0.332. The minimum atomic E-state index is -0.810. The standard InChI is InChI=1S/C30H32BF2NO4/c1-29(2)30(3,4)38-31(37-29)21-9-5-20(6-10-21)27-25(17-18-26(35)19-7-11-22(32)12-8-19)28(36)34(27)24-15-13-23(33)14-16-24/h5-16,25-27,35H,17-18H2,1-4H3/t25-,26+,27-/m1/s1. The van der Waals surface area contributed by atoms with Crippen molar-refractivity contribution in [3.63, 3.8) is 0 Å². The molecule has 1 amide bonds. The largest absolute Gasteiger partial charge is 0.494 e. The van der Waals surface area contributed by atoms with Crippen LogP contribution in [0.15, 0.2) is 72.8 Å². The first-order valence-electron chi connectivity index (χ1n) is 12.9. The van der Waals surface area contributed by atoms with Gasteiger partial charge in [0.2, 0.25) is 5.91 Å². The average Bonchev–Trinajstić information content (AvgIpc) is 3.10. The van der Waals surface area contributed by atoms with Crippen molar-refractivity contribution in [2.45, 2.75) is 63.9 Å². The summed E-state index contributed by atoms with van der Waals surface area (Å²) in [6.07, 6.45) is -0.0183. The van der Waals surface area contributed by atoms with Crippen LogP contribution in [0.4, 0.5) is 14.5 Å². The summed E-state index contributed by atoms with van der Waals surface area (Å²) in [6.45, 7) is 8.03. The number of aliphatic hydroxyl groups is 1. The monoisotopic (exact) mass is 519 g/mol. The summed E-state index contributed by atoms with van der Waals surface area (Å²) in [5.74, 6) is -1.18. The topological polar surface area (TPSA) is 59.0 Å². The number of rotatable bonds is 7. The van der Waals surface area contributed by atoms with E-state index in [0.717, 1.165) is 11.0 Å². The van der Waals surface area contributed by atoms with E-state index in [-0.39, 0.29) is 29.5 Å². The van der Waals surface area contributed by atoms with Gasteiger partial charge in [-0.3, -0.25) is 4.79 Å². The van der Waals surface area contributed by atoms with Gasteiger partial charge in [-0.1, -0.05) is 36.4 Å². The molecule has 1 N–H and O–H groups in total. The predicted molar refractivity (Wildman–Crippen MR) is 143 cm³/mol. The summed E-state index contributed by atoms with van der Waals surface area (Å²) >= 11 is 0. The van der Waals surface area contributed by atoms with Crippen molar-refractivity contribution >= 4 is 24.2 Å². The third-order valence-electron chi connectivity index (χ3n) is 8.13. The van der Waals surface area contributed by atoms with Crippen LogP contribution in [0.1, 0.15) is 63.8 Å². The highest BCUT2D eigenvalue weighted by molar-refractivity contribution is 6.62. The van der Waals surface area contributed by atoms with Gasteiger partial charge in [-0.2, -0.15) is 0 Å². The molecule has 0 unspecified atom stereocenters. The molecule has 5 nitrogen and oxygen atoms in total. The van der Waals surface area contributed by atoms with Gasteiger partial charge in [-0.25, -0.2) is 8.78 Å². The van der Waals surface area contributed by atoms with Crippen LogP contribution in [0.3, 0.4) is 0 Å². The van der Waals surface area contributed by atoms with E-state index < -0.39 is 24.4 Å². The van der Waals surface area contributed by atoms with Crippen molar-refractivity contribution in [3.05, 3.63) is 95.6 Å². The van der Waals surface area contributed by atoms with E-state index >= 15 is 0 Å². The van der Waals surface area contributed by atoms with Crippen LogP contribution in [0.2, 0.25) is 0 Å². The highest BCUT2D eigenvalue weighted by Gasteiger charge is 2.52. The molecular weight excluding hydrogens is 487 g/mol. The summed E-state index contributed by atoms with van der Waals surface area (Å²) < 4.78 is 39.2. The van der Waals surface area contributed by atoms with Crippen molar-refractivity contribution in [1.82, 2.24) is 0 Å². The Labute approximate surface area is 222 Å². The van der Waals surface area contributed by atoms with Crippen molar-refractivity contribution in [2.24, 2.45) is 5.92 Å². The number of nitrogens with zero attached hydrogens (tertiary/aromatic N) is 1. The van der Waals surface area contributed by atoms with E-state index in [1.165, 1.54) is 24.3 Å². The predicted octanol–water partition coefficient (Wildman–Crippen LogP) is 5.48. The van der Waals surface area contributed by atoms with E-state index in [0.29, 0.717) is 24.1 Å². The van der Waals surface area contributed by atoms with Gasteiger partial charge in [-0.05, 0) is 93.5 Å². The van der Waals surface area contributed by atoms with Crippen LogP contribution in [0, 0.1) is 17.6 Å². The smallest absolute Gasteiger partial charge is 0.399 e. The van der Waals surface area contributed by atoms with Crippen molar-refractivity contribution < 1.29 is 28.0 Å². The zero-order valence-electron chi connectivity index (χ0n) is 22.0. The fourth-order valence-electron chi connectivity index (χ4n) is 5.12. The molecule has 3 aromatic carbocycles. The lowest BCUT2D eigenvalue weighted by molar-refractivity contribution is -0.131. The Morgan fingerprint density at radius 3 is 1.95 bits per heavy atom. The Kier molecular flexibility index (Phi) is 6.92. The number of carbonyl (C=O) groups excluding carboxylic acids is 1. The molecule has 0 aromatic heterocycles.